The maximum Gasteiger partial charge on any atom is 0.260 e. The molecule has 0 aromatic heterocycles. The van der Waals surface area contributed by atoms with Gasteiger partial charge in [-0.25, -0.2) is 0 Å². The fourth-order valence-corrected chi connectivity index (χ4v) is 8.63. The fourth-order valence-electron chi connectivity index (χ4n) is 4.48. The topological polar surface area (TPSA) is 53.3 Å². The molecule has 0 spiro atoms. The predicted octanol–water partition coefficient (Wildman–Crippen LogP) is 7.25. The maximum absolute atomic E-state index is 11.8. The molecular weight excluding hydrogens is 460 g/mol. The minimum absolute atomic E-state index is 0.0272. The highest BCUT2D eigenvalue weighted by atomic mass is 28.4. The lowest BCUT2D eigenvalue weighted by molar-refractivity contribution is -0.123. The Morgan fingerprint density at radius 2 is 1.56 bits per heavy atom. The zero-order chi connectivity index (χ0) is 26.3. The molecule has 186 valence electrons. The Hall–Kier alpha value is -3.62. The standard InChI is InChI=1S/C31H36N2O2Si/c1-23(2)36(24(3)4,22-26-13-11-25(12-14-26)15-20-31(34)33(5)6)35-29-18-16-27(17-19-29)30-10-8-7-9-28(30)21-32/h7-20,23-24H,22H2,1-6H3/b20-15+. The van der Waals surface area contributed by atoms with Gasteiger partial charge in [0.05, 0.1) is 11.6 Å². The molecule has 0 saturated heterocycles. The van der Waals surface area contributed by atoms with Crippen LogP contribution >= 0.6 is 0 Å². The first kappa shape index (κ1) is 27.0. The van der Waals surface area contributed by atoms with Gasteiger partial charge in [-0.2, -0.15) is 5.26 Å². The largest absolute Gasteiger partial charge is 0.543 e. The summed E-state index contributed by atoms with van der Waals surface area (Å²) in [6, 6.07) is 27.4. The van der Waals surface area contributed by atoms with Gasteiger partial charge in [0.15, 0.2) is 0 Å². The van der Waals surface area contributed by atoms with E-state index in [2.05, 4.69) is 58.0 Å². The van der Waals surface area contributed by atoms with Crippen LogP contribution in [0.15, 0.2) is 78.9 Å². The first-order chi connectivity index (χ1) is 17.2. The summed E-state index contributed by atoms with van der Waals surface area (Å²) in [5.74, 6) is 0.852. The van der Waals surface area contributed by atoms with Crippen molar-refractivity contribution in [3.63, 3.8) is 0 Å². The third-order valence-corrected chi connectivity index (χ3v) is 12.3. The van der Waals surface area contributed by atoms with Gasteiger partial charge < -0.3 is 9.33 Å². The molecule has 0 N–H and O–H groups in total. The molecule has 0 fully saturated rings. The van der Waals surface area contributed by atoms with Crippen LogP contribution in [0.5, 0.6) is 5.75 Å². The van der Waals surface area contributed by atoms with E-state index in [-0.39, 0.29) is 5.91 Å². The van der Waals surface area contributed by atoms with Crippen molar-refractivity contribution < 1.29 is 9.22 Å². The normalized spacial score (nSPS) is 11.6. The van der Waals surface area contributed by atoms with Crippen molar-refractivity contribution in [2.45, 2.75) is 44.8 Å². The Morgan fingerprint density at radius 3 is 2.11 bits per heavy atom. The minimum Gasteiger partial charge on any atom is -0.543 e. The lowest BCUT2D eigenvalue weighted by atomic mass is 10.0. The van der Waals surface area contributed by atoms with E-state index in [1.165, 1.54) is 5.56 Å². The predicted molar refractivity (Wildman–Crippen MR) is 151 cm³/mol. The molecule has 0 aliphatic carbocycles. The molecule has 36 heavy (non-hydrogen) atoms. The maximum atomic E-state index is 11.8. The molecular formula is C31H36N2O2Si. The summed E-state index contributed by atoms with van der Waals surface area (Å²) < 4.78 is 6.92. The summed E-state index contributed by atoms with van der Waals surface area (Å²) in [4.78, 5) is 13.4. The monoisotopic (exact) mass is 496 g/mol. The summed E-state index contributed by atoms with van der Waals surface area (Å²) in [5, 5.41) is 9.45. The number of amides is 1. The number of rotatable bonds is 9. The fraction of sp³-hybridized carbons (Fsp3) is 0.290. The molecule has 0 atom stereocenters. The molecule has 0 unspecified atom stereocenters. The number of benzene rings is 3. The molecule has 0 aliphatic rings. The van der Waals surface area contributed by atoms with Gasteiger partial charge in [0.1, 0.15) is 5.75 Å². The van der Waals surface area contributed by atoms with Gasteiger partial charge in [0.25, 0.3) is 8.32 Å². The van der Waals surface area contributed by atoms with Crippen LogP contribution in [0.25, 0.3) is 17.2 Å². The van der Waals surface area contributed by atoms with Gasteiger partial charge >= 0.3 is 0 Å². The SMILES string of the molecule is CC(C)[Si](Cc1ccc(/C=C/C(=O)N(C)C)cc1)(Oc1ccc(-c2ccccc2C#N)cc1)C(C)C. The first-order valence-corrected chi connectivity index (χ1v) is 14.7. The van der Waals surface area contributed by atoms with Crippen LogP contribution in [0.1, 0.15) is 44.4 Å². The van der Waals surface area contributed by atoms with E-state index in [1.54, 1.807) is 25.1 Å². The average molecular weight is 497 g/mol. The van der Waals surface area contributed by atoms with Gasteiger partial charge in [0.2, 0.25) is 5.91 Å². The van der Waals surface area contributed by atoms with Crippen LogP contribution in [0.3, 0.4) is 0 Å². The van der Waals surface area contributed by atoms with Gasteiger partial charge in [-0.05, 0) is 57.6 Å². The van der Waals surface area contributed by atoms with E-state index in [9.17, 15) is 10.1 Å². The summed E-state index contributed by atoms with van der Waals surface area (Å²) in [5.41, 5.74) is 5.69. The molecule has 4 nitrogen and oxygen atoms in total. The zero-order valence-corrected chi connectivity index (χ0v) is 23.2. The minimum atomic E-state index is -2.25. The Labute approximate surface area is 217 Å². The highest BCUT2D eigenvalue weighted by Crippen LogP contribution is 2.38. The lowest BCUT2D eigenvalue weighted by Crippen LogP contribution is -2.50. The van der Waals surface area contributed by atoms with E-state index < -0.39 is 8.32 Å². The quantitative estimate of drug-likeness (QED) is 0.231. The highest BCUT2D eigenvalue weighted by molar-refractivity contribution is 6.76. The van der Waals surface area contributed by atoms with Crippen LogP contribution in [-0.4, -0.2) is 33.2 Å². The Bertz CT molecular complexity index is 1230. The molecule has 0 heterocycles. The Kier molecular flexibility index (Phi) is 8.90. The van der Waals surface area contributed by atoms with Gasteiger partial charge in [0, 0.05) is 26.2 Å². The van der Waals surface area contributed by atoms with E-state index in [0.717, 1.165) is 28.5 Å². The highest BCUT2D eigenvalue weighted by Gasteiger charge is 2.44. The molecule has 0 aliphatic heterocycles. The Morgan fingerprint density at radius 1 is 0.944 bits per heavy atom. The zero-order valence-electron chi connectivity index (χ0n) is 22.2. The number of hydrogen-bond acceptors (Lipinski definition) is 3. The molecule has 0 saturated carbocycles. The van der Waals surface area contributed by atoms with Crippen molar-refractivity contribution in [3.05, 3.63) is 95.6 Å². The number of carbonyl (C=O) groups is 1. The molecule has 0 radical (unpaired) electrons. The van der Waals surface area contributed by atoms with Crippen LogP contribution < -0.4 is 4.43 Å². The number of carbonyl (C=O) groups excluding carboxylic acids is 1. The van der Waals surface area contributed by atoms with E-state index in [1.807, 2.05) is 54.6 Å². The number of nitriles is 1. The Balaban J connectivity index is 1.84. The number of nitrogens with zero attached hydrogens (tertiary/aromatic N) is 2. The molecule has 5 heteroatoms. The summed E-state index contributed by atoms with van der Waals surface area (Å²) in [6.07, 6.45) is 3.45. The number of hydrogen-bond donors (Lipinski definition) is 0. The van der Waals surface area contributed by atoms with E-state index in [0.29, 0.717) is 16.6 Å². The van der Waals surface area contributed by atoms with Crippen molar-refractivity contribution >= 4 is 20.3 Å². The molecule has 0 bridgehead atoms. The van der Waals surface area contributed by atoms with E-state index in [4.69, 9.17) is 4.43 Å². The van der Waals surface area contributed by atoms with Crippen molar-refractivity contribution in [1.29, 1.82) is 5.26 Å². The molecule has 1 amide bonds. The van der Waals surface area contributed by atoms with E-state index >= 15 is 0 Å². The molecule has 3 aromatic rings. The van der Waals surface area contributed by atoms with Crippen molar-refractivity contribution in [3.8, 4) is 22.9 Å². The molecule has 3 aromatic carbocycles. The van der Waals surface area contributed by atoms with Crippen molar-refractivity contribution in [2.75, 3.05) is 14.1 Å². The van der Waals surface area contributed by atoms with Gasteiger partial charge in [-0.3, -0.25) is 4.79 Å². The van der Waals surface area contributed by atoms with Crippen LogP contribution in [0, 0.1) is 11.3 Å². The summed E-state index contributed by atoms with van der Waals surface area (Å²) >= 11 is 0. The third-order valence-electron chi connectivity index (χ3n) is 6.79. The van der Waals surface area contributed by atoms with Crippen molar-refractivity contribution in [2.24, 2.45) is 0 Å². The summed E-state index contributed by atoms with van der Waals surface area (Å²) in [7, 11) is 1.25. The lowest BCUT2D eigenvalue weighted by Gasteiger charge is -2.39. The van der Waals surface area contributed by atoms with Crippen molar-refractivity contribution in [1.82, 2.24) is 4.90 Å². The van der Waals surface area contributed by atoms with Crippen LogP contribution in [0.4, 0.5) is 0 Å². The van der Waals surface area contributed by atoms with Crippen LogP contribution in [0.2, 0.25) is 11.1 Å². The van der Waals surface area contributed by atoms with Gasteiger partial charge in [-0.15, -0.1) is 0 Å². The first-order valence-electron chi connectivity index (χ1n) is 12.4. The van der Waals surface area contributed by atoms with Crippen LogP contribution in [-0.2, 0) is 10.8 Å². The smallest absolute Gasteiger partial charge is 0.260 e. The second-order valence-electron chi connectivity index (χ2n) is 10.0. The average Bonchev–Trinajstić information content (AvgIpc) is 2.87. The molecule has 3 rings (SSSR count). The van der Waals surface area contributed by atoms with Gasteiger partial charge in [-0.1, -0.05) is 82.3 Å². The second-order valence-corrected chi connectivity index (χ2v) is 14.8. The second kappa shape index (κ2) is 11.9. The summed E-state index contributed by atoms with van der Waals surface area (Å²) in [6.45, 7) is 9.09. The number of likely N-dealkylation sites (N-methyl/N-ethyl adjacent to an activating group) is 1. The third kappa shape index (κ3) is 6.33.